The molecule has 1 aromatic carbocycles. The molecule has 3 aromatic rings. The molecule has 130 valence electrons. The summed E-state index contributed by atoms with van der Waals surface area (Å²) in [5.41, 5.74) is 2.07. The molecule has 2 aromatic heterocycles. The third kappa shape index (κ3) is 3.97. The molecule has 0 spiro atoms. The smallest absolute Gasteiger partial charge is 0.267 e. The zero-order valence-corrected chi connectivity index (χ0v) is 14.8. The maximum atomic E-state index is 12.6. The first-order valence-electron chi connectivity index (χ1n) is 8.13. The molecule has 2 heterocycles. The van der Waals surface area contributed by atoms with E-state index in [1.54, 1.807) is 35.1 Å². The first kappa shape index (κ1) is 17.4. The van der Waals surface area contributed by atoms with Crippen LogP contribution in [0.15, 0.2) is 47.8 Å². The zero-order valence-electron chi connectivity index (χ0n) is 14.0. The summed E-state index contributed by atoms with van der Waals surface area (Å²) < 4.78 is 7.79. The summed E-state index contributed by atoms with van der Waals surface area (Å²) in [7, 11) is 1.64. The Hall–Kier alpha value is -2.44. The van der Waals surface area contributed by atoms with E-state index in [-0.39, 0.29) is 18.2 Å². The maximum absolute atomic E-state index is 12.6. The van der Waals surface area contributed by atoms with Crippen LogP contribution >= 0.6 is 11.3 Å². The lowest BCUT2D eigenvalue weighted by Crippen LogP contribution is -2.28. The monoisotopic (exact) mass is 356 g/mol. The van der Waals surface area contributed by atoms with Crippen molar-refractivity contribution >= 4 is 33.2 Å². The number of fused-ring (bicyclic) bond motifs is 1. The molecule has 0 fully saturated rings. The minimum atomic E-state index is -0.166. The van der Waals surface area contributed by atoms with Crippen LogP contribution in [0.4, 0.5) is 0 Å². The van der Waals surface area contributed by atoms with Crippen molar-refractivity contribution in [3.05, 3.63) is 59.1 Å². The summed E-state index contributed by atoms with van der Waals surface area (Å²) in [4.78, 5) is 25.1. The number of methoxy groups -OCH3 is 1. The number of thiophene rings is 1. The van der Waals surface area contributed by atoms with Gasteiger partial charge in [0.05, 0.1) is 16.8 Å². The molecular weight excluding hydrogens is 336 g/mol. The Labute approximate surface area is 150 Å². The molecule has 0 bridgehead atoms. The third-order valence-corrected chi connectivity index (χ3v) is 4.82. The molecule has 0 unspecified atom stereocenters. The van der Waals surface area contributed by atoms with E-state index in [0.29, 0.717) is 24.4 Å². The normalized spacial score (nSPS) is 10.9. The van der Waals surface area contributed by atoms with Crippen LogP contribution in [0.2, 0.25) is 0 Å². The molecule has 0 saturated heterocycles. The SMILES string of the molecule is COCCCNC(=O)c1cc2sccc2n1CC(=O)c1ccccc1. The van der Waals surface area contributed by atoms with Crippen molar-refractivity contribution < 1.29 is 14.3 Å². The van der Waals surface area contributed by atoms with Gasteiger partial charge in [0.1, 0.15) is 5.69 Å². The van der Waals surface area contributed by atoms with Crippen LogP contribution in [0.25, 0.3) is 10.2 Å². The van der Waals surface area contributed by atoms with Gasteiger partial charge in [-0.1, -0.05) is 30.3 Å². The molecule has 0 aliphatic carbocycles. The number of benzene rings is 1. The predicted octanol–water partition coefficient (Wildman–Crippen LogP) is 3.35. The van der Waals surface area contributed by atoms with Crippen molar-refractivity contribution in [2.75, 3.05) is 20.3 Å². The van der Waals surface area contributed by atoms with Crippen molar-refractivity contribution in [1.29, 1.82) is 0 Å². The van der Waals surface area contributed by atoms with Gasteiger partial charge in [0.25, 0.3) is 5.91 Å². The predicted molar refractivity (Wildman–Crippen MR) is 99.4 cm³/mol. The Bertz CT molecular complexity index is 867. The van der Waals surface area contributed by atoms with Gasteiger partial charge in [-0.05, 0) is 23.9 Å². The van der Waals surface area contributed by atoms with E-state index in [0.717, 1.165) is 16.6 Å². The number of hydrogen-bond acceptors (Lipinski definition) is 4. The van der Waals surface area contributed by atoms with Crippen molar-refractivity contribution in [2.24, 2.45) is 0 Å². The Morgan fingerprint density at radius 3 is 2.76 bits per heavy atom. The number of nitrogens with one attached hydrogen (secondary N) is 1. The van der Waals surface area contributed by atoms with Gasteiger partial charge in [0, 0.05) is 25.8 Å². The van der Waals surface area contributed by atoms with Crippen molar-refractivity contribution in [3.63, 3.8) is 0 Å². The van der Waals surface area contributed by atoms with Crippen molar-refractivity contribution in [2.45, 2.75) is 13.0 Å². The maximum Gasteiger partial charge on any atom is 0.267 e. The molecular formula is C19H20N2O3S. The average Bonchev–Trinajstić information content (AvgIpc) is 3.22. The number of ether oxygens (including phenoxy) is 1. The van der Waals surface area contributed by atoms with Gasteiger partial charge in [-0.15, -0.1) is 11.3 Å². The summed E-state index contributed by atoms with van der Waals surface area (Å²) in [6, 6.07) is 12.9. The van der Waals surface area contributed by atoms with Gasteiger partial charge in [-0.25, -0.2) is 0 Å². The number of hydrogen-bond donors (Lipinski definition) is 1. The highest BCUT2D eigenvalue weighted by Gasteiger charge is 2.18. The molecule has 0 atom stereocenters. The van der Waals surface area contributed by atoms with Crippen molar-refractivity contribution in [1.82, 2.24) is 9.88 Å². The molecule has 0 aliphatic rings. The second-order valence-electron chi connectivity index (χ2n) is 5.68. The van der Waals surface area contributed by atoms with E-state index in [4.69, 9.17) is 4.74 Å². The van der Waals surface area contributed by atoms with Gasteiger partial charge in [-0.3, -0.25) is 9.59 Å². The highest BCUT2D eigenvalue weighted by molar-refractivity contribution is 7.17. The molecule has 0 radical (unpaired) electrons. The molecule has 1 amide bonds. The van der Waals surface area contributed by atoms with Crippen molar-refractivity contribution in [3.8, 4) is 0 Å². The largest absolute Gasteiger partial charge is 0.385 e. The summed E-state index contributed by atoms with van der Waals surface area (Å²) in [6.07, 6.45) is 0.750. The Kier molecular flexibility index (Phi) is 5.63. The first-order chi connectivity index (χ1) is 12.2. The third-order valence-electron chi connectivity index (χ3n) is 3.96. The lowest BCUT2D eigenvalue weighted by molar-refractivity contribution is 0.0934. The van der Waals surface area contributed by atoms with Crippen LogP contribution in [0.5, 0.6) is 0 Å². The van der Waals surface area contributed by atoms with Crippen LogP contribution in [0, 0.1) is 0 Å². The molecule has 5 nitrogen and oxygen atoms in total. The summed E-state index contributed by atoms with van der Waals surface area (Å²) in [5.74, 6) is -0.182. The number of aromatic nitrogens is 1. The second-order valence-corrected chi connectivity index (χ2v) is 6.62. The summed E-state index contributed by atoms with van der Waals surface area (Å²) in [6.45, 7) is 1.28. The summed E-state index contributed by atoms with van der Waals surface area (Å²) >= 11 is 1.56. The number of rotatable bonds is 8. The molecule has 6 heteroatoms. The minimum Gasteiger partial charge on any atom is -0.385 e. The van der Waals surface area contributed by atoms with Gasteiger partial charge < -0.3 is 14.6 Å². The summed E-state index contributed by atoms with van der Waals surface area (Å²) in [5, 5.41) is 4.86. The van der Waals surface area contributed by atoms with Crippen LogP contribution in [-0.4, -0.2) is 36.5 Å². The fraction of sp³-hybridized carbons (Fsp3) is 0.263. The van der Waals surface area contributed by atoms with Crippen LogP contribution in [0.3, 0.4) is 0 Å². The molecule has 1 N–H and O–H groups in total. The van der Waals surface area contributed by atoms with Crippen LogP contribution in [-0.2, 0) is 11.3 Å². The standard InChI is InChI=1S/C19H20N2O3S/c1-24-10-5-9-20-19(23)16-12-18-15(8-11-25-18)21(16)13-17(22)14-6-3-2-4-7-14/h2-4,6-8,11-12H,5,9-10,13H2,1H3,(H,20,23). The second kappa shape index (κ2) is 8.09. The van der Waals surface area contributed by atoms with Crippen LogP contribution < -0.4 is 5.32 Å². The van der Waals surface area contributed by atoms with Gasteiger partial charge >= 0.3 is 0 Å². The lowest BCUT2D eigenvalue weighted by atomic mass is 10.1. The number of amides is 1. The quantitative estimate of drug-likeness (QED) is 0.497. The van der Waals surface area contributed by atoms with E-state index in [1.807, 2.05) is 35.7 Å². The topological polar surface area (TPSA) is 60.3 Å². The van der Waals surface area contributed by atoms with E-state index in [9.17, 15) is 9.59 Å². The highest BCUT2D eigenvalue weighted by atomic mass is 32.1. The molecule has 3 rings (SSSR count). The van der Waals surface area contributed by atoms with Crippen LogP contribution in [0.1, 0.15) is 27.3 Å². The van der Waals surface area contributed by atoms with E-state index in [2.05, 4.69) is 5.32 Å². The zero-order chi connectivity index (χ0) is 17.6. The number of nitrogens with zero attached hydrogens (tertiary/aromatic N) is 1. The number of carbonyl (C=O) groups excluding carboxylic acids is 2. The number of ketones is 1. The fourth-order valence-electron chi connectivity index (χ4n) is 2.70. The van der Waals surface area contributed by atoms with E-state index < -0.39 is 0 Å². The van der Waals surface area contributed by atoms with E-state index in [1.165, 1.54) is 0 Å². The first-order valence-corrected chi connectivity index (χ1v) is 9.01. The molecule has 0 aliphatic heterocycles. The minimum absolute atomic E-state index is 0.0160. The molecule has 25 heavy (non-hydrogen) atoms. The Morgan fingerprint density at radius 2 is 2.00 bits per heavy atom. The number of carbonyl (C=O) groups is 2. The molecule has 0 saturated carbocycles. The van der Waals surface area contributed by atoms with Gasteiger partial charge in [-0.2, -0.15) is 0 Å². The Morgan fingerprint density at radius 1 is 1.20 bits per heavy atom. The lowest BCUT2D eigenvalue weighted by Gasteiger charge is -2.10. The van der Waals surface area contributed by atoms with Gasteiger partial charge in [0.2, 0.25) is 0 Å². The average molecular weight is 356 g/mol. The van der Waals surface area contributed by atoms with Gasteiger partial charge in [0.15, 0.2) is 5.78 Å². The fourth-order valence-corrected chi connectivity index (χ4v) is 3.53. The number of Topliss-reactive ketones (excluding diaryl/α,β-unsaturated/α-hetero) is 1. The van der Waals surface area contributed by atoms with E-state index >= 15 is 0 Å². The Balaban J connectivity index is 1.82. The highest BCUT2D eigenvalue weighted by Crippen LogP contribution is 2.25.